The lowest BCUT2D eigenvalue weighted by molar-refractivity contribution is -0.130. The maximum Gasteiger partial charge on any atom is 0.247 e. The SMILES string of the molecule is C=CC(=O)Nc1cc(Nc2cc(-c3ccc(NC)c(C=N)c3)ncn2)c(OC)cc1N(C)CCN1CCN(C(C)=O)CC1. The quantitative estimate of drug-likeness (QED) is 0.185. The first kappa shape index (κ1) is 31.0. The van der Waals surface area contributed by atoms with Crippen LogP contribution in [0.3, 0.4) is 0 Å². The number of carbonyl (C=O) groups is 2. The van der Waals surface area contributed by atoms with Gasteiger partial charge in [0.05, 0.1) is 29.9 Å². The van der Waals surface area contributed by atoms with Crippen LogP contribution in [0.4, 0.5) is 28.6 Å². The molecule has 0 aliphatic carbocycles. The third kappa shape index (κ3) is 7.66. The Morgan fingerprint density at radius 2 is 1.86 bits per heavy atom. The van der Waals surface area contributed by atoms with Crippen LogP contribution in [0, 0.1) is 5.41 Å². The number of anilines is 5. The average Bonchev–Trinajstić information content (AvgIpc) is 3.03. The molecule has 0 saturated carbocycles. The van der Waals surface area contributed by atoms with E-state index in [1.54, 1.807) is 14.0 Å². The summed E-state index contributed by atoms with van der Waals surface area (Å²) >= 11 is 0. The van der Waals surface area contributed by atoms with Crippen LogP contribution in [0.5, 0.6) is 5.75 Å². The fourth-order valence-electron chi connectivity index (χ4n) is 4.92. The molecule has 1 aliphatic heterocycles. The second kappa shape index (κ2) is 14.3. The van der Waals surface area contributed by atoms with Crippen LogP contribution in [-0.4, -0.2) is 98.3 Å². The van der Waals surface area contributed by atoms with Crippen molar-refractivity contribution in [3.8, 4) is 17.0 Å². The Morgan fingerprint density at radius 1 is 1.09 bits per heavy atom. The van der Waals surface area contributed by atoms with Gasteiger partial charge in [-0.2, -0.15) is 0 Å². The molecule has 1 saturated heterocycles. The largest absolute Gasteiger partial charge is 0.494 e. The molecule has 12 heteroatoms. The van der Waals surface area contributed by atoms with E-state index < -0.39 is 0 Å². The van der Waals surface area contributed by atoms with Gasteiger partial charge in [0.25, 0.3) is 0 Å². The van der Waals surface area contributed by atoms with Crippen molar-refractivity contribution < 1.29 is 14.3 Å². The van der Waals surface area contributed by atoms with Gasteiger partial charge in [0, 0.05) is 95.4 Å². The highest BCUT2D eigenvalue weighted by molar-refractivity contribution is 6.02. The third-order valence-corrected chi connectivity index (χ3v) is 7.44. The van der Waals surface area contributed by atoms with Crippen LogP contribution in [0.15, 0.2) is 55.4 Å². The number of hydrogen-bond donors (Lipinski definition) is 4. The highest BCUT2D eigenvalue weighted by Crippen LogP contribution is 2.38. The number of aromatic nitrogens is 2. The van der Waals surface area contributed by atoms with E-state index in [1.165, 1.54) is 18.6 Å². The molecule has 1 fully saturated rings. The Balaban J connectivity index is 1.57. The van der Waals surface area contributed by atoms with E-state index in [4.69, 9.17) is 10.1 Å². The fourth-order valence-corrected chi connectivity index (χ4v) is 4.92. The van der Waals surface area contributed by atoms with Crippen LogP contribution >= 0.6 is 0 Å². The van der Waals surface area contributed by atoms with Gasteiger partial charge in [-0.1, -0.05) is 12.6 Å². The highest BCUT2D eigenvalue weighted by Gasteiger charge is 2.20. The molecule has 3 aromatic rings. The average molecular weight is 586 g/mol. The van der Waals surface area contributed by atoms with Crippen molar-refractivity contribution in [2.75, 3.05) is 81.3 Å². The fraction of sp³-hybridized carbons (Fsp3) is 0.323. The molecule has 0 radical (unpaired) electrons. The van der Waals surface area contributed by atoms with Crippen molar-refractivity contribution in [1.29, 1.82) is 5.41 Å². The monoisotopic (exact) mass is 585 g/mol. The number of rotatable bonds is 12. The minimum absolute atomic E-state index is 0.110. The lowest BCUT2D eigenvalue weighted by Gasteiger charge is -2.35. The Labute approximate surface area is 252 Å². The van der Waals surface area contributed by atoms with E-state index >= 15 is 0 Å². The molecule has 1 aromatic heterocycles. The van der Waals surface area contributed by atoms with Gasteiger partial charge in [-0.05, 0) is 24.3 Å². The summed E-state index contributed by atoms with van der Waals surface area (Å²) in [5.41, 5.74) is 5.10. The third-order valence-electron chi connectivity index (χ3n) is 7.44. The summed E-state index contributed by atoms with van der Waals surface area (Å²) in [5.74, 6) is 0.878. The van der Waals surface area contributed by atoms with Gasteiger partial charge >= 0.3 is 0 Å². The number of nitrogens with zero attached hydrogens (tertiary/aromatic N) is 5. The first-order valence-corrected chi connectivity index (χ1v) is 14.0. The van der Waals surface area contributed by atoms with Crippen molar-refractivity contribution in [3.63, 3.8) is 0 Å². The number of carbonyl (C=O) groups excluding carboxylic acids is 2. The maximum atomic E-state index is 12.4. The highest BCUT2D eigenvalue weighted by atomic mass is 16.5. The molecule has 4 rings (SSSR count). The van der Waals surface area contributed by atoms with Gasteiger partial charge in [-0.3, -0.25) is 14.5 Å². The molecule has 43 heavy (non-hydrogen) atoms. The zero-order chi connectivity index (χ0) is 30.9. The van der Waals surface area contributed by atoms with Crippen molar-refractivity contribution >= 4 is 46.6 Å². The zero-order valence-corrected chi connectivity index (χ0v) is 25.1. The second-order valence-corrected chi connectivity index (χ2v) is 10.1. The van der Waals surface area contributed by atoms with Crippen LogP contribution in [0.25, 0.3) is 11.3 Å². The predicted molar refractivity (Wildman–Crippen MR) is 172 cm³/mol. The number of ether oxygens (including phenoxy) is 1. The molecule has 2 aromatic carbocycles. The van der Waals surface area contributed by atoms with Crippen molar-refractivity contribution in [3.05, 3.63) is 60.9 Å². The number of piperazine rings is 1. The summed E-state index contributed by atoms with van der Waals surface area (Å²) in [7, 11) is 5.37. The topological polar surface area (TPSA) is 139 Å². The smallest absolute Gasteiger partial charge is 0.247 e. The van der Waals surface area contributed by atoms with E-state index in [-0.39, 0.29) is 11.8 Å². The lowest BCUT2D eigenvalue weighted by Crippen LogP contribution is -2.49. The van der Waals surface area contributed by atoms with E-state index in [0.29, 0.717) is 35.2 Å². The minimum atomic E-state index is -0.331. The van der Waals surface area contributed by atoms with Gasteiger partial charge in [-0.15, -0.1) is 0 Å². The second-order valence-electron chi connectivity index (χ2n) is 10.1. The predicted octanol–water partition coefficient (Wildman–Crippen LogP) is 3.66. The van der Waals surface area contributed by atoms with Crippen molar-refractivity contribution in [1.82, 2.24) is 19.8 Å². The Hall–Kier alpha value is -4.97. The van der Waals surface area contributed by atoms with Crippen molar-refractivity contribution in [2.45, 2.75) is 6.92 Å². The number of nitrogens with one attached hydrogen (secondary N) is 4. The van der Waals surface area contributed by atoms with Crippen LogP contribution in [0.2, 0.25) is 0 Å². The number of methoxy groups -OCH3 is 1. The van der Waals surface area contributed by atoms with Crippen LogP contribution < -0.4 is 25.6 Å². The van der Waals surface area contributed by atoms with Crippen LogP contribution in [-0.2, 0) is 9.59 Å². The van der Waals surface area contributed by atoms with E-state index in [2.05, 4.69) is 42.3 Å². The van der Waals surface area contributed by atoms with Gasteiger partial charge in [0.1, 0.15) is 17.9 Å². The molecule has 2 amide bonds. The summed E-state index contributed by atoms with van der Waals surface area (Å²) in [5, 5.41) is 17.0. The molecule has 0 unspecified atom stereocenters. The Bertz CT molecular complexity index is 1490. The molecule has 226 valence electrons. The number of likely N-dealkylation sites (N-methyl/N-ethyl adjacent to an activating group) is 1. The zero-order valence-electron chi connectivity index (χ0n) is 25.1. The molecule has 1 aliphatic rings. The van der Waals surface area contributed by atoms with E-state index in [1.807, 2.05) is 55.4 Å². The summed E-state index contributed by atoms with van der Waals surface area (Å²) in [4.78, 5) is 39.1. The van der Waals surface area contributed by atoms with Gasteiger partial charge in [0.2, 0.25) is 11.8 Å². The maximum absolute atomic E-state index is 12.4. The molecule has 12 nitrogen and oxygen atoms in total. The Morgan fingerprint density at radius 3 is 2.51 bits per heavy atom. The number of hydrogen-bond acceptors (Lipinski definition) is 10. The van der Waals surface area contributed by atoms with Gasteiger partial charge in [0.15, 0.2) is 0 Å². The van der Waals surface area contributed by atoms with Gasteiger partial charge in [-0.25, -0.2) is 9.97 Å². The normalized spacial score (nSPS) is 13.2. The first-order valence-electron chi connectivity index (χ1n) is 14.0. The van der Waals surface area contributed by atoms with Crippen molar-refractivity contribution in [2.24, 2.45) is 0 Å². The molecular weight excluding hydrogens is 546 g/mol. The first-order chi connectivity index (χ1) is 20.8. The molecule has 2 heterocycles. The molecule has 0 spiro atoms. The molecule has 4 N–H and O–H groups in total. The van der Waals surface area contributed by atoms with Gasteiger partial charge < -0.3 is 35.9 Å². The summed E-state index contributed by atoms with van der Waals surface area (Å²) < 4.78 is 5.75. The van der Waals surface area contributed by atoms with Crippen LogP contribution in [0.1, 0.15) is 12.5 Å². The van der Waals surface area contributed by atoms with E-state index in [0.717, 1.165) is 55.2 Å². The molecular formula is C31H39N9O3. The standard InChI is InChI=1S/C31H39N9O3/c1-6-31(42)37-26-16-27(36-30-17-25(34-20-35-30)22-7-8-24(33-3)23(15-22)19-32)29(43-5)18-28(26)38(4)9-10-39-11-13-40(14-12-39)21(2)41/h6-8,15-20,32-33H,1,9-14H2,2-5H3,(H,37,42)(H,34,35,36). The summed E-state index contributed by atoms with van der Waals surface area (Å²) in [6.45, 7) is 9.81. The summed E-state index contributed by atoms with van der Waals surface area (Å²) in [6, 6.07) is 11.2. The van der Waals surface area contributed by atoms with E-state index in [9.17, 15) is 9.59 Å². The number of amides is 2. The lowest BCUT2D eigenvalue weighted by atomic mass is 10.1. The molecule has 0 bridgehead atoms. The minimum Gasteiger partial charge on any atom is -0.494 e. The Kier molecular flexibility index (Phi) is 10.3. The molecule has 0 atom stereocenters. The number of benzene rings is 2. The summed E-state index contributed by atoms with van der Waals surface area (Å²) in [6.07, 6.45) is 4.00.